The van der Waals surface area contributed by atoms with Crippen molar-refractivity contribution in [2.75, 3.05) is 18.4 Å². The molecule has 2 aromatic heterocycles. The van der Waals surface area contributed by atoms with Gasteiger partial charge >= 0.3 is 6.03 Å². The van der Waals surface area contributed by atoms with Crippen LogP contribution in [0.1, 0.15) is 42.9 Å². The average molecular weight is 377 g/mol. The Kier molecular flexibility index (Phi) is 5.55. The quantitative estimate of drug-likeness (QED) is 0.853. The summed E-state index contributed by atoms with van der Waals surface area (Å²) >= 11 is 1.29. The van der Waals surface area contributed by atoms with Gasteiger partial charge in [-0.25, -0.2) is 4.79 Å². The molecule has 0 spiro atoms. The molecule has 1 fully saturated rings. The first kappa shape index (κ1) is 18.4. The third-order valence-corrected chi connectivity index (χ3v) is 5.24. The van der Waals surface area contributed by atoms with Gasteiger partial charge in [0.15, 0.2) is 0 Å². The number of carbonyl (C=O) groups is 2. The molecule has 0 aliphatic carbocycles. The van der Waals surface area contributed by atoms with Crippen LogP contribution in [0.2, 0.25) is 0 Å². The monoisotopic (exact) mass is 377 g/mol. The predicted octanol–water partition coefficient (Wildman–Crippen LogP) is 2.87. The van der Waals surface area contributed by atoms with Gasteiger partial charge in [-0.15, -0.1) is 10.2 Å². The summed E-state index contributed by atoms with van der Waals surface area (Å²) in [4.78, 5) is 26.5. The maximum atomic E-state index is 12.5. The summed E-state index contributed by atoms with van der Waals surface area (Å²) in [5.41, 5.74) is 2.56. The van der Waals surface area contributed by atoms with Gasteiger partial charge in [-0.3, -0.25) is 4.79 Å². The fourth-order valence-electron chi connectivity index (χ4n) is 3.21. The van der Waals surface area contributed by atoms with E-state index >= 15 is 0 Å². The number of nitrogens with one attached hydrogen (secondary N) is 2. The van der Waals surface area contributed by atoms with Crippen LogP contribution < -0.4 is 10.6 Å². The second kappa shape index (κ2) is 7.86. The normalized spacial score (nSPS) is 16.3. The van der Waals surface area contributed by atoms with Crippen LogP contribution in [0.15, 0.2) is 16.0 Å². The molecule has 0 radical (unpaired) electrons. The van der Waals surface area contributed by atoms with Crippen LogP contribution in [0, 0.1) is 19.8 Å². The molecule has 1 saturated heterocycles. The number of rotatable bonds is 4. The van der Waals surface area contributed by atoms with Crippen LogP contribution in [0.4, 0.5) is 9.93 Å². The van der Waals surface area contributed by atoms with Crippen molar-refractivity contribution in [2.45, 2.75) is 39.7 Å². The lowest BCUT2D eigenvalue weighted by Gasteiger charge is -2.32. The minimum absolute atomic E-state index is 0.0559. The standard InChI is InChI=1S/C17H23N5O3S/c1-10-8-14(12(3)25-10)11(2)19-17(24)22-6-4-13(5-7-22)15(23)20-16-21-18-9-26-16/h8-9,11,13H,4-7H2,1-3H3,(H,19,24)(H,20,21,23). The number of aromatic nitrogens is 2. The van der Waals surface area contributed by atoms with E-state index in [2.05, 4.69) is 20.8 Å². The lowest BCUT2D eigenvalue weighted by Crippen LogP contribution is -2.46. The van der Waals surface area contributed by atoms with E-state index in [-0.39, 0.29) is 23.9 Å². The van der Waals surface area contributed by atoms with Gasteiger partial charge in [-0.05, 0) is 39.7 Å². The first-order chi connectivity index (χ1) is 12.4. The summed E-state index contributed by atoms with van der Waals surface area (Å²) < 4.78 is 5.53. The van der Waals surface area contributed by atoms with Gasteiger partial charge in [-0.2, -0.15) is 0 Å². The number of carbonyl (C=O) groups excluding carboxylic acids is 2. The average Bonchev–Trinajstić information content (AvgIpc) is 3.24. The van der Waals surface area contributed by atoms with Gasteiger partial charge in [0.2, 0.25) is 11.0 Å². The molecule has 0 aromatic carbocycles. The van der Waals surface area contributed by atoms with Gasteiger partial charge in [0.25, 0.3) is 0 Å². The fraction of sp³-hybridized carbons (Fsp3) is 0.529. The Balaban J connectivity index is 1.49. The molecule has 1 atom stereocenters. The minimum atomic E-state index is -0.127. The van der Waals surface area contributed by atoms with Crippen molar-refractivity contribution in [3.63, 3.8) is 0 Å². The van der Waals surface area contributed by atoms with Crippen LogP contribution in [-0.2, 0) is 4.79 Å². The smallest absolute Gasteiger partial charge is 0.317 e. The third-order valence-electron chi connectivity index (χ3n) is 4.63. The number of anilines is 1. The minimum Gasteiger partial charge on any atom is -0.466 e. The number of amides is 3. The number of furan rings is 1. The lowest BCUT2D eigenvalue weighted by molar-refractivity contribution is -0.121. The molecule has 2 N–H and O–H groups in total. The first-order valence-electron chi connectivity index (χ1n) is 8.63. The maximum absolute atomic E-state index is 12.5. The van der Waals surface area contributed by atoms with Gasteiger partial charge in [-0.1, -0.05) is 11.3 Å². The summed E-state index contributed by atoms with van der Waals surface area (Å²) in [6.07, 6.45) is 1.27. The summed E-state index contributed by atoms with van der Waals surface area (Å²) in [5.74, 6) is 1.49. The number of aryl methyl sites for hydroxylation is 2. The lowest BCUT2D eigenvalue weighted by atomic mass is 9.96. The van der Waals surface area contributed by atoms with E-state index in [0.717, 1.165) is 17.1 Å². The summed E-state index contributed by atoms with van der Waals surface area (Å²) in [6, 6.07) is 1.71. The number of piperidine rings is 1. The predicted molar refractivity (Wildman–Crippen MR) is 98.0 cm³/mol. The molecule has 0 saturated carbocycles. The van der Waals surface area contributed by atoms with Crippen molar-refractivity contribution in [3.8, 4) is 0 Å². The van der Waals surface area contributed by atoms with E-state index in [0.29, 0.717) is 31.1 Å². The first-order valence-corrected chi connectivity index (χ1v) is 9.51. The van der Waals surface area contributed by atoms with E-state index in [9.17, 15) is 9.59 Å². The Labute approximate surface area is 156 Å². The van der Waals surface area contributed by atoms with Gasteiger partial charge in [0.05, 0.1) is 6.04 Å². The highest BCUT2D eigenvalue weighted by molar-refractivity contribution is 7.13. The Morgan fingerprint density at radius 2 is 2.08 bits per heavy atom. The Bertz CT molecular complexity index is 765. The van der Waals surface area contributed by atoms with Crippen LogP contribution >= 0.6 is 11.3 Å². The summed E-state index contributed by atoms with van der Waals surface area (Å²) in [6.45, 7) is 6.83. The van der Waals surface area contributed by atoms with E-state index in [1.807, 2.05) is 26.8 Å². The zero-order chi connectivity index (χ0) is 18.7. The Morgan fingerprint density at radius 1 is 1.35 bits per heavy atom. The summed E-state index contributed by atoms with van der Waals surface area (Å²) in [7, 11) is 0. The molecule has 26 heavy (non-hydrogen) atoms. The van der Waals surface area contributed by atoms with Crippen LogP contribution in [0.25, 0.3) is 0 Å². The largest absolute Gasteiger partial charge is 0.466 e. The van der Waals surface area contributed by atoms with Gasteiger partial charge < -0.3 is 20.0 Å². The molecule has 3 amide bonds. The van der Waals surface area contributed by atoms with Crippen molar-refractivity contribution in [1.82, 2.24) is 20.4 Å². The highest BCUT2D eigenvalue weighted by Crippen LogP contribution is 2.23. The zero-order valence-corrected chi connectivity index (χ0v) is 15.9. The second-order valence-corrected chi connectivity index (χ2v) is 7.37. The van der Waals surface area contributed by atoms with E-state index in [1.165, 1.54) is 11.3 Å². The Morgan fingerprint density at radius 3 is 2.65 bits per heavy atom. The van der Waals surface area contributed by atoms with Crippen LogP contribution in [-0.4, -0.2) is 40.1 Å². The highest BCUT2D eigenvalue weighted by Gasteiger charge is 2.28. The number of nitrogens with zero attached hydrogens (tertiary/aromatic N) is 3. The van der Waals surface area contributed by atoms with Crippen molar-refractivity contribution >= 4 is 28.4 Å². The molecule has 1 aliphatic heterocycles. The molecule has 1 aliphatic rings. The molecule has 9 heteroatoms. The molecular formula is C17H23N5O3S. The number of urea groups is 1. The molecule has 2 aromatic rings. The van der Waals surface area contributed by atoms with Crippen LogP contribution in [0.3, 0.4) is 0 Å². The molecular weight excluding hydrogens is 354 g/mol. The van der Waals surface area contributed by atoms with Gasteiger partial charge in [0, 0.05) is 24.6 Å². The highest BCUT2D eigenvalue weighted by atomic mass is 32.1. The molecule has 3 rings (SSSR count). The van der Waals surface area contributed by atoms with E-state index < -0.39 is 0 Å². The van der Waals surface area contributed by atoms with Crippen molar-refractivity contribution < 1.29 is 14.0 Å². The Hall–Kier alpha value is -2.42. The van der Waals surface area contributed by atoms with Gasteiger partial charge in [0.1, 0.15) is 17.0 Å². The van der Waals surface area contributed by atoms with Crippen LogP contribution in [0.5, 0.6) is 0 Å². The molecule has 8 nitrogen and oxygen atoms in total. The van der Waals surface area contributed by atoms with E-state index in [4.69, 9.17) is 4.42 Å². The van der Waals surface area contributed by atoms with Crippen molar-refractivity contribution in [2.24, 2.45) is 5.92 Å². The topological polar surface area (TPSA) is 100 Å². The second-order valence-electron chi connectivity index (χ2n) is 6.53. The van der Waals surface area contributed by atoms with E-state index in [1.54, 1.807) is 10.4 Å². The molecule has 140 valence electrons. The SMILES string of the molecule is Cc1cc(C(C)NC(=O)N2CCC(C(=O)Nc3nncs3)CC2)c(C)o1. The zero-order valence-electron chi connectivity index (χ0n) is 15.1. The molecule has 3 heterocycles. The fourth-order valence-corrected chi connectivity index (χ4v) is 3.66. The van der Waals surface area contributed by atoms with Crippen molar-refractivity contribution in [1.29, 1.82) is 0 Å². The number of likely N-dealkylation sites (tertiary alicyclic amines) is 1. The summed E-state index contributed by atoms with van der Waals surface area (Å²) in [5, 5.41) is 13.8. The number of hydrogen-bond donors (Lipinski definition) is 2. The maximum Gasteiger partial charge on any atom is 0.317 e. The number of hydrogen-bond acceptors (Lipinski definition) is 6. The van der Waals surface area contributed by atoms with Crippen molar-refractivity contribution in [3.05, 3.63) is 28.7 Å². The molecule has 1 unspecified atom stereocenters. The third kappa shape index (κ3) is 4.21. The molecule has 0 bridgehead atoms.